The Labute approximate surface area is 200 Å². The molecule has 0 aliphatic heterocycles. The maximum atomic E-state index is 13.3. The first-order valence-corrected chi connectivity index (χ1v) is 12.0. The number of thiophene rings is 1. The maximum absolute atomic E-state index is 13.3. The third-order valence-electron chi connectivity index (χ3n) is 4.82. The minimum Gasteiger partial charge on any atom is -0.495 e. The lowest BCUT2D eigenvalue weighted by Gasteiger charge is -2.18. The zero-order chi connectivity index (χ0) is 23.0. The quantitative estimate of drug-likeness (QED) is 0.287. The number of para-hydroxylation sites is 2. The molecule has 2 N–H and O–H groups in total. The lowest BCUT2D eigenvalue weighted by atomic mass is 10.1. The van der Waals surface area contributed by atoms with Gasteiger partial charge in [-0.2, -0.15) is 0 Å². The number of amides is 2. The molecule has 0 saturated heterocycles. The van der Waals surface area contributed by atoms with Crippen LogP contribution in [0.4, 0.5) is 11.4 Å². The van der Waals surface area contributed by atoms with Gasteiger partial charge in [0.2, 0.25) is 5.91 Å². The summed E-state index contributed by atoms with van der Waals surface area (Å²) in [5, 5.41) is 7.29. The average Bonchev–Trinajstić information content (AvgIpc) is 3.40. The number of anilines is 2. The normalized spacial score (nSPS) is 11.4. The van der Waals surface area contributed by atoms with Crippen molar-refractivity contribution in [1.82, 2.24) is 0 Å². The third-order valence-corrected chi connectivity index (χ3v) is 6.95. The van der Waals surface area contributed by atoms with E-state index in [-0.39, 0.29) is 11.8 Å². The van der Waals surface area contributed by atoms with E-state index >= 15 is 0 Å². The largest absolute Gasteiger partial charge is 0.495 e. The van der Waals surface area contributed by atoms with Crippen molar-refractivity contribution in [3.05, 3.63) is 107 Å². The summed E-state index contributed by atoms with van der Waals surface area (Å²) in [7, 11) is 1.58. The van der Waals surface area contributed by atoms with Gasteiger partial charge in [0.05, 0.1) is 17.7 Å². The molecule has 33 heavy (non-hydrogen) atoms. The van der Waals surface area contributed by atoms with Crippen LogP contribution in [0.3, 0.4) is 0 Å². The Morgan fingerprint density at radius 2 is 1.58 bits per heavy atom. The summed E-state index contributed by atoms with van der Waals surface area (Å²) in [6.45, 7) is 0. The molecule has 1 heterocycles. The van der Waals surface area contributed by atoms with Gasteiger partial charge in [-0.25, -0.2) is 0 Å². The van der Waals surface area contributed by atoms with Gasteiger partial charge in [0.1, 0.15) is 11.0 Å². The molecule has 4 rings (SSSR count). The molecule has 4 aromatic rings. The molecule has 0 aliphatic rings. The molecule has 1 unspecified atom stereocenters. The molecule has 166 valence electrons. The number of thioether (sulfide) groups is 1. The Kier molecular flexibility index (Phi) is 7.44. The molecule has 7 heteroatoms. The molecule has 0 radical (unpaired) electrons. The van der Waals surface area contributed by atoms with Gasteiger partial charge in [-0.05, 0) is 53.4 Å². The maximum Gasteiger partial charge on any atom is 0.265 e. The second-order valence-corrected chi connectivity index (χ2v) is 9.18. The van der Waals surface area contributed by atoms with Crippen molar-refractivity contribution in [3.8, 4) is 5.75 Å². The Bertz CT molecular complexity index is 1210. The highest BCUT2D eigenvalue weighted by molar-refractivity contribution is 8.00. The highest BCUT2D eigenvalue weighted by atomic mass is 32.2. The number of hydrogen-bond acceptors (Lipinski definition) is 5. The molecule has 2 amide bonds. The number of carbonyl (C=O) groups is 2. The van der Waals surface area contributed by atoms with Crippen LogP contribution in [0.2, 0.25) is 0 Å². The van der Waals surface area contributed by atoms with E-state index in [2.05, 4.69) is 10.6 Å². The lowest BCUT2D eigenvalue weighted by molar-refractivity contribution is -0.115. The van der Waals surface area contributed by atoms with Gasteiger partial charge in [-0.3, -0.25) is 9.59 Å². The highest BCUT2D eigenvalue weighted by Gasteiger charge is 2.23. The standard InChI is InChI=1S/C26H22N2O3S2/c1-31-22-11-6-5-10-21(22)28-26(30)24(18-8-3-2-4-9-18)33-20-15-13-19(14-16-20)27-25(29)23-12-7-17-32-23/h2-17,24H,1H3,(H,27,29)(H,28,30). The number of carbonyl (C=O) groups excluding carboxylic acids is 2. The lowest BCUT2D eigenvalue weighted by Crippen LogP contribution is -2.19. The number of nitrogens with one attached hydrogen (secondary N) is 2. The fraction of sp³-hybridized carbons (Fsp3) is 0.0769. The minimum atomic E-state index is -0.470. The van der Waals surface area contributed by atoms with Gasteiger partial charge in [-0.1, -0.05) is 48.5 Å². The molecule has 5 nitrogen and oxygen atoms in total. The van der Waals surface area contributed by atoms with E-state index in [1.54, 1.807) is 13.2 Å². The highest BCUT2D eigenvalue weighted by Crippen LogP contribution is 2.37. The summed E-state index contributed by atoms with van der Waals surface area (Å²) < 4.78 is 5.37. The van der Waals surface area contributed by atoms with Crippen LogP contribution < -0.4 is 15.4 Å². The molecule has 0 bridgehead atoms. The van der Waals surface area contributed by atoms with Crippen LogP contribution in [-0.4, -0.2) is 18.9 Å². The van der Waals surface area contributed by atoms with Crippen LogP contribution in [0.15, 0.2) is 101 Å². The van der Waals surface area contributed by atoms with E-state index in [0.29, 0.717) is 22.0 Å². The van der Waals surface area contributed by atoms with Crippen LogP contribution in [0.5, 0.6) is 5.75 Å². The molecular weight excluding hydrogens is 452 g/mol. The van der Waals surface area contributed by atoms with Crippen molar-refractivity contribution >= 4 is 46.3 Å². The van der Waals surface area contributed by atoms with E-state index in [1.807, 2.05) is 90.3 Å². The minimum absolute atomic E-state index is 0.135. The van der Waals surface area contributed by atoms with E-state index in [9.17, 15) is 9.59 Å². The Morgan fingerprint density at radius 1 is 0.848 bits per heavy atom. The summed E-state index contributed by atoms with van der Waals surface area (Å²) >= 11 is 2.84. The Hall–Kier alpha value is -3.55. The van der Waals surface area contributed by atoms with Crippen molar-refractivity contribution in [3.63, 3.8) is 0 Å². The molecule has 0 saturated carbocycles. The summed E-state index contributed by atoms with van der Waals surface area (Å²) in [4.78, 5) is 27.1. The predicted octanol–water partition coefficient (Wildman–Crippen LogP) is 6.48. The Balaban J connectivity index is 1.51. The van der Waals surface area contributed by atoms with Crippen molar-refractivity contribution < 1.29 is 14.3 Å². The second-order valence-electron chi connectivity index (χ2n) is 7.05. The van der Waals surface area contributed by atoms with Crippen molar-refractivity contribution in [2.45, 2.75) is 10.1 Å². The SMILES string of the molecule is COc1ccccc1NC(=O)C(Sc1ccc(NC(=O)c2cccs2)cc1)c1ccccc1. The fourth-order valence-electron chi connectivity index (χ4n) is 3.20. The van der Waals surface area contributed by atoms with Gasteiger partial charge in [0.15, 0.2) is 0 Å². The third kappa shape index (κ3) is 5.83. The van der Waals surface area contributed by atoms with Gasteiger partial charge in [0, 0.05) is 10.6 Å². The van der Waals surface area contributed by atoms with Crippen LogP contribution in [0, 0.1) is 0 Å². The topological polar surface area (TPSA) is 67.4 Å². The molecule has 0 aliphatic carbocycles. The zero-order valence-corrected chi connectivity index (χ0v) is 19.5. The summed E-state index contributed by atoms with van der Waals surface area (Å²) in [6.07, 6.45) is 0. The number of ether oxygens (including phenoxy) is 1. The second kappa shape index (κ2) is 10.8. The Morgan fingerprint density at radius 3 is 2.27 bits per heavy atom. The number of methoxy groups -OCH3 is 1. The van der Waals surface area contributed by atoms with Crippen LogP contribution >= 0.6 is 23.1 Å². The van der Waals surface area contributed by atoms with Crippen LogP contribution in [0.1, 0.15) is 20.5 Å². The number of benzene rings is 3. The smallest absolute Gasteiger partial charge is 0.265 e. The predicted molar refractivity (Wildman–Crippen MR) is 135 cm³/mol. The van der Waals surface area contributed by atoms with Gasteiger partial charge >= 0.3 is 0 Å². The van der Waals surface area contributed by atoms with Crippen LogP contribution in [-0.2, 0) is 4.79 Å². The molecular formula is C26H22N2O3S2. The first-order chi connectivity index (χ1) is 16.1. The van der Waals surface area contributed by atoms with Crippen molar-refractivity contribution in [2.24, 2.45) is 0 Å². The van der Waals surface area contributed by atoms with Crippen molar-refractivity contribution in [2.75, 3.05) is 17.7 Å². The summed E-state index contributed by atoms with van der Waals surface area (Å²) in [5.74, 6) is 0.322. The van der Waals surface area contributed by atoms with E-state index in [0.717, 1.165) is 10.5 Å². The molecule has 0 spiro atoms. The van der Waals surface area contributed by atoms with E-state index in [1.165, 1.54) is 23.1 Å². The van der Waals surface area contributed by atoms with E-state index in [4.69, 9.17) is 4.74 Å². The summed E-state index contributed by atoms with van der Waals surface area (Å²) in [6, 6.07) is 28.1. The summed E-state index contributed by atoms with van der Waals surface area (Å²) in [5.41, 5.74) is 2.22. The molecule has 3 aromatic carbocycles. The fourth-order valence-corrected chi connectivity index (χ4v) is 4.84. The average molecular weight is 475 g/mol. The molecule has 1 aromatic heterocycles. The molecule has 1 atom stereocenters. The monoisotopic (exact) mass is 474 g/mol. The van der Waals surface area contributed by atoms with Gasteiger partial charge in [-0.15, -0.1) is 23.1 Å². The van der Waals surface area contributed by atoms with Gasteiger partial charge < -0.3 is 15.4 Å². The van der Waals surface area contributed by atoms with E-state index < -0.39 is 5.25 Å². The van der Waals surface area contributed by atoms with Gasteiger partial charge in [0.25, 0.3) is 5.91 Å². The van der Waals surface area contributed by atoms with Crippen LogP contribution in [0.25, 0.3) is 0 Å². The number of rotatable bonds is 8. The first-order valence-electron chi connectivity index (χ1n) is 10.2. The van der Waals surface area contributed by atoms with Crippen molar-refractivity contribution in [1.29, 1.82) is 0 Å². The number of hydrogen-bond donors (Lipinski definition) is 2. The molecule has 0 fully saturated rings. The zero-order valence-electron chi connectivity index (χ0n) is 17.9. The first kappa shape index (κ1) is 22.6.